The van der Waals surface area contributed by atoms with Crippen LogP contribution in [0.25, 0.3) is 0 Å². The van der Waals surface area contributed by atoms with Crippen molar-refractivity contribution in [3.8, 4) is 0 Å². The highest BCUT2D eigenvalue weighted by molar-refractivity contribution is 5.27. The average molecular weight is 217 g/mol. The number of aryl methyl sites for hydroxylation is 1. The van der Waals surface area contributed by atoms with Gasteiger partial charge >= 0.3 is 0 Å². The van der Waals surface area contributed by atoms with E-state index in [9.17, 15) is 0 Å². The van der Waals surface area contributed by atoms with E-state index in [2.05, 4.69) is 34.5 Å². The van der Waals surface area contributed by atoms with Gasteiger partial charge in [-0.25, -0.2) is 0 Å². The van der Waals surface area contributed by atoms with Gasteiger partial charge in [-0.1, -0.05) is 24.3 Å². The number of nitrogens with two attached hydrogens (primary N) is 1. The van der Waals surface area contributed by atoms with E-state index < -0.39 is 0 Å². The summed E-state index contributed by atoms with van der Waals surface area (Å²) < 4.78 is 0. The van der Waals surface area contributed by atoms with Gasteiger partial charge in [0.05, 0.1) is 6.54 Å². The Morgan fingerprint density at radius 1 is 1.31 bits per heavy atom. The van der Waals surface area contributed by atoms with Crippen molar-refractivity contribution in [1.82, 2.24) is 20.2 Å². The molecule has 0 fully saturated rings. The van der Waals surface area contributed by atoms with Crippen molar-refractivity contribution >= 4 is 0 Å². The lowest BCUT2D eigenvalue weighted by Crippen LogP contribution is -2.12. The highest BCUT2D eigenvalue weighted by atomic mass is 15.6. The molecule has 16 heavy (non-hydrogen) atoms. The van der Waals surface area contributed by atoms with Crippen molar-refractivity contribution in [3.05, 3.63) is 41.2 Å². The Hall–Kier alpha value is -1.75. The summed E-state index contributed by atoms with van der Waals surface area (Å²) in [6.07, 6.45) is 0.719. The summed E-state index contributed by atoms with van der Waals surface area (Å²) in [6, 6.07) is 8.21. The second-order valence-electron chi connectivity index (χ2n) is 3.69. The van der Waals surface area contributed by atoms with Crippen molar-refractivity contribution in [2.75, 3.05) is 6.54 Å². The van der Waals surface area contributed by atoms with E-state index in [0.29, 0.717) is 13.1 Å². The molecule has 0 aliphatic carbocycles. The number of benzene rings is 1. The van der Waals surface area contributed by atoms with Crippen LogP contribution in [0.1, 0.15) is 17.0 Å². The summed E-state index contributed by atoms with van der Waals surface area (Å²) in [5.41, 5.74) is 7.90. The van der Waals surface area contributed by atoms with Gasteiger partial charge in [-0.2, -0.15) is 4.80 Å². The second-order valence-corrected chi connectivity index (χ2v) is 3.69. The van der Waals surface area contributed by atoms with E-state index in [0.717, 1.165) is 12.2 Å². The molecule has 0 aliphatic rings. The summed E-state index contributed by atoms with van der Waals surface area (Å²) in [4.78, 5) is 1.54. The molecular weight excluding hydrogens is 202 g/mol. The van der Waals surface area contributed by atoms with Crippen LogP contribution in [-0.2, 0) is 13.0 Å². The van der Waals surface area contributed by atoms with Gasteiger partial charge in [0.2, 0.25) is 0 Å². The third-order valence-corrected chi connectivity index (χ3v) is 2.43. The zero-order chi connectivity index (χ0) is 11.4. The number of hydrogen-bond acceptors (Lipinski definition) is 4. The molecule has 0 unspecified atom stereocenters. The van der Waals surface area contributed by atoms with Gasteiger partial charge in [-0.05, 0) is 23.3 Å². The maximum absolute atomic E-state index is 5.42. The number of aromatic nitrogens is 4. The molecule has 84 valence electrons. The highest BCUT2D eigenvalue weighted by Crippen LogP contribution is 2.10. The SMILES string of the molecule is Cc1ccccc1Cc1nnn(CCN)n1. The van der Waals surface area contributed by atoms with Crippen LogP contribution in [0.3, 0.4) is 0 Å². The standard InChI is InChI=1S/C11H15N5/c1-9-4-2-3-5-10(9)8-11-13-15-16(14-11)7-6-12/h2-5H,6-8,12H2,1H3. The Kier molecular flexibility index (Phi) is 3.26. The van der Waals surface area contributed by atoms with Crippen LogP contribution in [0.2, 0.25) is 0 Å². The van der Waals surface area contributed by atoms with E-state index in [1.165, 1.54) is 15.9 Å². The van der Waals surface area contributed by atoms with Gasteiger partial charge in [0.1, 0.15) is 0 Å². The molecule has 0 bridgehead atoms. The monoisotopic (exact) mass is 217 g/mol. The normalized spacial score (nSPS) is 10.6. The van der Waals surface area contributed by atoms with Crippen LogP contribution >= 0.6 is 0 Å². The zero-order valence-electron chi connectivity index (χ0n) is 9.30. The van der Waals surface area contributed by atoms with Crippen molar-refractivity contribution in [1.29, 1.82) is 0 Å². The summed E-state index contributed by atoms with van der Waals surface area (Å²) in [6.45, 7) is 3.22. The molecule has 0 radical (unpaired) electrons. The third kappa shape index (κ3) is 2.43. The number of hydrogen-bond donors (Lipinski definition) is 1. The molecule has 0 saturated heterocycles. The molecule has 5 nitrogen and oxygen atoms in total. The number of nitrogens with zero attached hydrogens (tertiary/aromatic N) is 4. The largest absolute Gasteiger partial charge is 0.329 e. The smallest absolute Gasteiger partial charge is 0.179 e. The van der Waals surface area contributed by atoms with Crippen molar-refractivity contribution in [3.63, 3.8) is 0 Å². The molecule has 1 aromatic carbocycles. The lowest BCUT2D eigenvalue weighted by atomic mass is 10.1. The molecule has 0 amide bonds. The third-order valence-electron chi connectivity index (χ3n) is 2.43. The van der Waals surface area contributed by atoms with Crippen LogP contribution in [0.15, 0.2) is 24.3 Å². The van der Waals surface area contributed by atoms with Gasteiger partial charge in [0.15, 0.2) is 5.82 Å². The lowest BCUT2D eigenvalue weighted by Gasteiger charge is -2.00. The molecule has 2 aromatic rings. The molecule has 0 atom stereocenters. The number of rotatable bonds is 4. The fourth-order valence-corrected chi connectivity index (χ4v) is 1.54. The van der Waals surface area contributed by atoms with Crippen LogP contribution in [0.5, 0.6) is 0 Å². The first kappa shape index (κ1) is 10.8. The average Bonchev–Trinajstić information content (AvgIpc) is 2.70. The van der Waals surface area contributed by atoms with E-state index >= 15 is 0 Å². The quantitative estimate of drug-likeness (QED) is 0.811. The topological polar surface area (TPSA) is 69.6 Å². The first-order chi connectivity index (χ1) is 7.79. The summed E-state index contributed by atoms with van der Waals surface area (Å²) >= 11 is 0. The molecular formula is C11H15N5. The summed E-state index contributed by atoms with van der Waals surface area (Å²) in [7, 11) is 0. The van der Waals surface area contributed by atoms with Crippen molar-refractivity contribution in [2.24, 2.45) is 5.73 Å². The fraction of sp³-hybridized carbons (Fsp3) is 0.364. The minimum Gasteiger partial charge on any atom is -0.329 e. The molecule has 0 saturated carbocycles. The Morgan fingerprint density at radius 3 is 2.88 bits per heavy atom. The molecule has 1 aromatic heterocycles. The molecule has 1 heterocycles. The molecule has 0 aliphatic heterocycles. The van der Waals surface area contributed by atoms with Gasteiger partial charge < -0.3 is 5.73 Å². The minimum absolute atomic E-state index is 0.528. The molecule has 5 heteroatoms. The van der Waals surface area contributed by atoms with Crippen LogP contribution in [0, 0.1) is 6.92 Å². The second kappa shape index (κ2) is 4.85. The Bertz CT molecular complexity index is 463. The van der Waals surface area contributed by atoms with Gasteiger partial charge in [-0.3, -0.25) is 0 Å². The number of tetrazole rings is 1. The van der Waals surface area contributed by atoms with Crippen LogP contribution in [0.4, 0.5) is 0 Å². The zero-order valence-corrected chi connectivity index (χ0v) is 9.30. The van der Waals surface area contributed by atoms with Crippen LogP contribution in [-0.4, -0.2) is 26.8 Å². The maximum Gasteiger partial charge on any atom is 0.179 e. The summed E-state index contributed by atoms with van der Waals surface area (Å²) in [5.74, 6) is 0.739. The van der Waals surface area contributed by atoms with Gasteiger partial charge in [0.25, 0.3) is 0 Å². The molecule has 2 N–H and O–H groups in total. The predicted octanol–water partition coefficient (Wildman–Crippen LogP) is 0.531. The highest BCUT2D eigenvalue weighted by Gasteiger charge is 2.05. The Balaban J connectivity index is 2.11. The molecule has 2 rings (SSSR count). The Labute approximate surface area is 94.3 Å². The van der Waals surface area contributed by atoms with Crippen LogP contribution < -0.4 is 5.73 Å². The van der Waals surface area contributed by atoms with Gasteiger partial charge in [-0.15, -0.1) is 10.2 Å². The van der Waals surface area contributed by atoms with Crippen molar-refractivity contribution in [2.45, 2.75) is 19.9 Å². The van der Waals surface area contributed by atoms with E-state index in [1.54, 1.807) is 0 Å². The summed E-state index contributed by atoms with van der Waals surface area (Å²) in [5, 5.41) is 12.2. The minimum atomic E-state index is 0.528. The van der Waals surface area contributed by atoms with E-state index in [4.69, 9.17) is 5.73 Å². The first-order valence-corrected chi connectivity index (χ1v) is 5.31. The Morgan fingerprint density at radius 2 is 2.12 bits per heavy atom. The van der Waals surface area contributed by atoms with E-state index in [1.807, 2.05) is 12.1 Å². The first-order valence-electron chi connectivity index (χ1n) is 5.31. The fourth-order valence-electron chi connectivity index (χ4n) is 1.54. The molecule has 0 spiro atoms. The van der Waals surface area contributed by atoms with Crippen molar-refractivity contribution < 1.29 is 0 Å². The lowest BCUT2D eigenvalue weighted by molar-refractivity contribution is 0.529. The maximum atomic E-state index is 5.42. The van der Waals surface area contributed by atoms with E-state index in [-0.39, 0.29) is 0 Å². The predicted molar refractivity (Wildman–Crippen MR) is 60.9 cm³/mol. The van der Waals surface area contributed by atoms with Gasteiger partial charge in [0, 0.05) is 13.0 Å².